The van der Waals surface area contributed by atoms with Gasteiger partial charge in [0.05, 0.1) is 0 Å². The molecule has 0 aliphatic heterocycles. The molecule has 0 amide bonds. The van der Waals surface area contributed by atoms with Crippen molar-refractivity contribution in [2.75, 3.05) is 32.6 Å². The van der Waals surface area contributed by atoms with Crippen molar-refractivity contribution in [3.63, 3.8) is 0 Å². The Morgan fingerprint density at radius 1 is 0.759 bits per heavy atom. The van der Waals surface area contributed by atoms with Crippen molar-refractivity contribution in [1.82, 2.24) is 4.90 Å². The number of alkyl halides is 1. The van der Waals surface area contributed by atoms with Crippen molar-refractivity contribution < 1.29 is 4.74 Å². The van der Waals surface area contributed by atoms with Crippen LogP contribution in [0.15, 0.2) is 84.9 Å². The monoisotopic (exact) mass is 449 g/mol. The number of allylic oxidation sites excluding steroid dienone is 1. The summed E-state index contributed by atoms with van der Waals surface area (Å²) < 4.78 is 5.88. The molecule has 150 valence electrons. The van der Waals surface area contributed by atoms with E-state index < -0.39 is 0 Å². The van der Waals surface area contributed by atoms with E-state index >= 15 is 0 Å². The largest absolute Gasteiger partial charge is 0.492 e. The van der Waals surface area contributed by atoms with E-state index in [-0.39, 0.29) is 0 Å². The normalized spacial score (nSPS) is 12.0. The molecule has 0 heterocycles. The van der Waals surface area contributed by atoms with Gasteiger partial charge in [0.2, 0.25) is 0 Å². The quantitative estimate of drug-likeness (QED) is 0.277. The lowest BCUT2D eigenvalue weighted by Crippen LogP contribution is -2.19. The summed E-state index contributed by atoms with van der Waals surface area (Å²) in [6, 6.07) is 29.8. The van der Waals surface area contributed by atoms with Gasteiger partial charge in [-0.2, -0.15) is 0 Å². The van der Waals surface area contributed by atoms with Gasteiger partial charge in [-0.05, 0) is 60.5 Å². The molecule has 0 aliphatic carbocycles. The maximum Gasteiger partial charge on any atom is 0.119 e. The van der Waals surface area contributed by atoms with Gasteiger partial charge in [0.25, 0.3) is 0 Å². The first kappa shape index (κ1) is 21.4. The molecule has 0 bridgehead atoms. The highest BCUT2D eigenvalue weighted by Gasteiger charge is 2.14. The second-order valence-electron chi connectivity index (χ2n) is 7.20. The molecule has 0 N–H and O–H groups in total. The Kier molecular flexibility index (Phi) is 8.09. The summed E-state index contributed by atoms with van der Waals surface area (Å²) in [5.74, 6) is 0.907. The third kappa shape index (κ3) is 6.06. The van der Waals surface area contributed by atoms with E-state index in [0.29, 0.717) is 6.61 Å². The number of hydrogen-bond acceptors (Lipinski definition) is 2. The average molecular weight is 450 g/mol. The minimum atomic E-state index is 0.687. The molecule has 0 atom stereocenters. The second kappa shape index (κ2) is 11.0. The third-order valence-corrected chi connectivity index (χ3v) is 5.18. The Hall–Kier alpha value is -2.36. The van der Waals surface area contributed by atoms with E-state index in [9.17, 15) is 0 Å². The van der Waals surface area contributed by atoms with Crippen LogP contribution in [-0.4, -0.2) is 37.5 Å². The summed E-state index contributed by atoms with van der Waals surface area (Å²) in [6.07, 6.45) is 0.954. The standard InChI is InChI=1S/C26H28BrNO/c1-28(2)19-20-29-24-15-13-23(14-16-24)26(22-11-7-4-8-12-22)25(17-18-27)21-9-5-3-6-10-21/h3-16H,17-20H2,1-2H3/b26-25+. The van der Waals surface area contributed by atoms with Crippen LogP contribution in [0.1, 0.15) is 23.1 Å². The van der Waals surface area contributed by atoms with Crippen LogP contribution in [0, 0.1) is 0 Å². The average Bonchev–Trinajstić information content (AvgIpc) is 2.75. The molecule has 0 fully saturated rings. The predicted octanol–water partition coefficient (Wildman–Crippen LogP) is 6.37. The van der Waals surface area contributed by atoms with Gasteiger partial charge in [-0.3, -0.25) is 0 Å². The third-order valence-electron chi connectivity index (χ3n) is 4.78. The highest BCUT2D eigenvalue weighted by atomic mass is 79.9. The minimum absolute atomic E-state index is 0.687. The number of nitrogens with zero attached hydrogens (tertiary/aromatic N) is 1. The highest BCUT2D eigenvalue weighted by molar-refractivity contribution is 9.09. The van der Waals surface area contributed by atoms with E-state index in [1.807, 2.05) is 0 Å². The van der Waals surface area contributed by atoms with Crippen LogP contribution in [0.5, 0.6) is 5.75 Å². The minimum Gasteiger partial charge on any atom is -0.492 e. The predicted molar refractivity (Wildman–Crippen MR) is 128 cm³/mol. The molecule has 0 aromatic heterocycles. The topological polar surface area (TPSA) is 12.5 Å². The molecule has 0 spiro atoms. The molecule has 0 saturated heterocycles. The van der Waals surface area contributed by atoms with Crippen LogP contribution < -0.4 is 4.74 Å². The summed E-state index contributed by atoms with van der Waals surface area (Å²) in [4.78, 5) is 2.12. The zero-order chi connectivity index (χ0) is 20.5. The summed E-state index contributed by atoms with van der Waals surface area (Å²) in [5, 5.41) is 0.916. The van der Waals surface area contributed by atoms with Gasteiger partial charge in [0.1, 0.15) is 12.4 Å². The Labute approximate surface area is 183 Å². The lowest BCUT2D eigenvalue weighted by Gasteiger charge is -2.17. The number of likely N-dealkylation sites (N-methyl/N-ethyl adjacent to an activating group) is 1. The second-order valence-corrected chi connectivity index (χ2v) is 7.99. The molecular formula is C26H28BrNO. The van der Waals surface area contributed by atoms with Crippen molar-refractivity contribution >= 4 is 27.1 Å². The lowest BCUT2D eigenvalue weighted by molar-refractivity contribution is 0.261. The number of benzene rings is 3. The van der Waals surface area contributed by atoms with E-state index in [2.05, 4.69) is 120 Å². The molecule has 3 heteroatoms. The van der Waals surface area contributed by atoms with Gasteiger partial charge in [0.15, 0.2) is 0 Å². The number of hydrogen-bond donors (Lipinski definition) is 0. The molecule has 3 rings (SSSR count). The first-order chi connectivity index (χ1) is 14.2. The number of ether oxygens (including phenoxy) is 1. The van der Waals surface area contributed by atoms with E-state index in [4.69, 9.17) is 4.74 Å². The molecule has 0 aliphatic rings. The molecule has 29 heavy (non-hydrogen) atoms. The van der Waals surface area contributed by atoms with E-state index in [1.165, 1.54) is 27.8 Å². The van der Waals surface area contributed by atoms with Crippen molar-refractivity contribution in [1.29, 1.82) is 0 Å². The summed E-state index contributed by atoms with van der Waals surface area (Å²) >= 11 is 3.65. The zero-order valence-corrected chi connectivity index (χ0v) is 18.7. The summed E-state index contributed by atoms with van der Waals surface area (Å²) in [5.41, 5.74) is 6.31. The van der Waals surface area contributed by atoms with Crippen molar-refractivity contribution in [2.45, 2.75) is 6.42 Å². The fourth-order valence-electron chi connectivity index (χ4n) is 3.33. The Balaban J connectivity index is 2.02. The smallest absolute Gasteiger partial charge is 0.119 e. The highest BCUT2D eigenvalue weighted by Crippen LogP contribution is 2.35. The van der Waals surface area contributed by atoms with Crippen molar-refractivity contribution in [3.8, 4) is 5.75 Å². The van der Waals surface area contributed by atoms with Crippen LogP contribution in [0.3, 0.4) is 0 Å². The van der Waals surface area contributed by atoms with Gasteiger partial charge in [-0.1, -0.05) is 88.7 Å². The fourth-order valence-corrected chi connectivity index (χ4v) is 3.73. The summed E-state index contributed by atoms with van der Waals surface area (Å²) in [6.45, 7) is 1.59. The Bertz CT molecular complexity index is 902. The molecule has 0 saturated carbocycles. The SMILES string of the molecule is CN(C)CCOc1ccc(/C(=C(\CCBr)c2ccccc2)c2ccccc2)cc1. The molecule has 3 aromatic carbocycles. The fraction of sp³-hybridized carbons (Fsp3) is 0.231. The molecule has 0 radical (unpaired) electrons. The molecule has 2 nitrogen and oxygen atoms in total. The van der Waals surface area contributed by atoms with Crippen LogP contribution >= 0.6 is 15.9 Å². The lowest BCUT2D eigenvalue weighted by atomic mass is 9.88. The van der Waals surface area contributed by atoms with Gasteiger partial charge >= 0.3 is 0 Å². The van der Waals surface area contributed by atoms with Crippen molar-refractivity contribution in [3.05, 3.63) is 102 Å². The van der Waals surface area contributed by atoms with Crippen molar-refractivity contribution in [2.24, 2.45) is 0 Å². The van der Waals surface area contributed by atoms with Gasteiger partial charge in [0, 0.05) is 11.9 Å². The van der Waals surface area contributed by atoms with Crippen LogP contribution in [-0.2, 0) is 0 Å². The van der Waals surface area contributed by atoms with Crippen LogP contribution in [0.25, 0.3) is 11.1 Å². The maximum absolute atomic E-state index is 5.88. The van der Waals surface area contributed by atoms with Gasteiger partial charge < -0.3 is 9.64 Å². The van der Waals surface area contributed by atoms with Crippen LogP contribution in [0.2, 0.25) is 0 Å². The first-order valence-electron chi connectivity index (χ1n) is 9.97. The van der Waals surface area contributed by atoms with Crippen LogP contribution in [0.4, 0.5) is 0 Å². The maximum atomic E-state index is 5.88. The van der Waals surface area contributed by atoms with E-state index in [0.717, 1.165) is 24.0 Å². The van der Waals surface area contributed by atoms with Gasteiger partial charge in [-0.25, -0.2) is 0 Å². The Morgan fingerprint density at radius 3 is 1.86 bits per heavy atom. The number of halogens is 1. The number of rotatable bonds is 9. The zero-order valence-electron chi connectivity index (χ0n) is 17.1. The Morgan fingerprint density at radius 2 is 1.31 bits per heavy atom. The summed E-state index contributed by atoms with van der Waals surface area (Å²) in [7, 11) is 4.11. The molecule has 0 unspecified atom stereocenters. The molecule has 3 aromatic rings. The van der Waals surface area contributed by atoms with E-state index in [1.54, 1.807) is 0 Å². The first-order valence-corrected chi connectivity index (χ1v) is 11.1. The molecular weight excluding hydrogens is 422 g/mol. The van der Waals surface area contributed by atoms with Gasteiger partial charge in [-0.15, -0.1) is 0 Å².